The molecule has 0 aromatic carbocycles. The molecular weight excluding hydrogens is 132 g/mol. The average Bonchev–Trinajstić information content (AvgIpc) is 2.12. The Morgan fingerprint density at radius 2 is 2.38 bits per heavy atom. The molecular formula is C4H7F2NS. The van der Waals surface area contributed by atoms with Gasteiger partial charge in [-0.25, -0.2) is 8.78 Å². The van der Waals surface area contributed by atoms with Gasteiger partial charge in [0.05, 0.1) is 6.04 Å². The fourth-order valence-electron chi connectivity index (χ4n) is 0.573. The van der Waals surface area contributed by atoms with Gasteiger partial charge in [-0.2, -0.15) is 0 Å². The Bertz CT molecular complexity index is 72.4. The lowest BCUT2D eigenvalue weighted by molar-refractivity contribution is 0.114. The first-order chi connectivity index (χ1) is 3.80. The Hall–Kier alpha value is 0.170. The molecule has 0 bridgehead atoms. The van der Waals surface area contributed by atoms with Crippen molar-refractivity contribution in [2.24, 2.45) is 0 Å². The zero-order valence-corrected chi connectivity index (χ0v) is 5.05. The maximum atomic E-state index is 11.7. The highest BCUT2D eigenvalue weighted by Gasteiger charge is 2.23. The van der Waals surface area contributed by atoms with Crippen LogP contribution >= 0.6 is 11.8 Å². The molecule has 1 nitrogen and oxygen atoms in total. The van der Waals surface area contributed by atoms with E-state index < -0.39 is 12.5 Å². The highest BCUT2D eigenvalue weighted by Crippen LogP contribution is 2.14. The van der Waals surface area contributed by atoms with Crippen molar-refractivity contribution in [2.45, 2.75) is 12.5 Å². The summed E-state index contributed by atoms with van der Waals surface area (Å²) in [6, 6.07) is -0.556. The van der Waals surface area contributed by atoms with Crippen molar-refractivity contribution in [1.82, 2.24) is 5.32 Å². The molecule has 1 heterocycles. The van der Waals surface area contributed by atoms with Gasteiger partial charge in [-0.15, -0.1) is 11.8 Å². The first kappa shape index (κ1) is 6.29. The molecule has 0 radical (unpaired) electrons. The SMILES string of the molecule is FC(F)C1CSCN1. The summed E-state index contributed by atoms with van der Waals surface area (Å²) in [5.41, 5.74) is 0. The largest absolute Gasteiger partial charge is 0.299 e. The molecule has 1 aliphatic rings. The predicted octanol–water partition coefficient (Wildman–Crippen LogP) is 0.914. The van der Waals surface area contributed by atoms with Gasteiger partial charge < -0.3 is 0 Å². The zero-order valence-electron chi connectivity index (χ0n) is 4.23. The van der Waals surface area contributed by atoms with E-state index in [1.165, 1.54) is 11.8 Å². The zero-order chi connectivity index (χ0) is 5.98. The molecule has 1 fully saturated rings. The molecule has 4 heteroatoms. The van der Waals surface area contributed by atoms with Crippen LogP contribution in [0.15, 0.2) is 0 Å². The van der Waals surface area contributed by atoms with Crippen LogP contribution in [0.4, 0.5) is 8.78 Å². The predicted molar refractivity (Wildman–Crippen MR) is 30.3 cm³/mol. The molecule has 0 aliphatic carbocycles. The Kier molecular flexibility index (Phi) is 2.08. The number of hydrogen-bond donors (Lipinski definition) is 1. The molecule has 1 atom stereocenters. The van der Waals surface area contributed by atoms with Crippen molar-refractivity contribution in [3.63, 3.8) is 0 Å². The van der Waals surface area contributed by atoms with Crippen LogP contribution in [0.5, 0.6) is 0 Å². The van der Waals surface area contributed by atoms with Gasteiger partial charge in [0.15, 0.2) is 0 Å². The summed E-state index contributed by atoms with van der Waals surface area (Å²) in [6.07, 6.45) is -2.19. The molecule has 1 aliphatic heterocycles. The minimum atomic E-state index is -2.19. The molecule has 1 rings (SSSR count). The van der Waals surface area contributed by atoms with Gasteiger partial charge in [-0.05, 0) is 0 Å². The summed E-state index contributed by atoms with van der Waals surface area (Å²) in [6.45, 7) is 0. The van der Waals surface area contributed by atoms with Crippen molar-refractivity contribution < 1.29 is 8.78 Å². The molecule has 1 saturated heterocycles. The lowest BCUT2D eigenvalue weighted by atomic mass is 10.4. The van der Waals surface area contributed by atoms with E-state index in [1.54, 1.807) is 0 Å². The monoisotopic (exact) mass is 139 g/mol. The molecule has 0 saturated carbocycles. The van der Waals surface area contributed by atoms with Crippen LogP contribution in [0, 0.1) is 0 Å². The Morgan fingerprint density at radius 1 is 1.62 bits per heavy atom. The van der Waals surface area contributed by atoms with E-state index in [2.05, 4.69) is 5.32 Å². The first-order valence-corrected chi connectivity index (χ1v) is 3.55. The molecule has 0 aromatic heterocycles. The number of rotatable bonds is 1. The van der Waals surface area contributed by atoms with Crippen LogP contribution in [-0.2, 0) is 0 Å². The van der Waals surface area contributed by atoms with Gasteiger partial charge in [-0.1, -0.05) is 0 Å². The second kappa shape index (κ2) is 2.64. The van der Waals surface area contributed by atoms with Crippen LogP contribution in [-0.4, -0.2) is 24.1 Å². The van der Waals surface area contributed by atoms with E-state index in [0.29, 0.717) is 11.6 Å². The maximum Gasteiger partial charge on any atom is 0.254 e. The van der Waals surface area contributed by atoms with Crippen LogP contribution in [0.2, 0.25) is 0 Å². The minimum Gasteiger partial charge on any atom is -0.299 e. The minimum absolute atomic E-state index is 0.553. The molecule has 8 heavy (non-hydrogen) atoms. The number of alkyl halides is 2. The maximum absolute atomic E-state index is 11.7. The molecule has 48 valence electrons. The Morgan fingerprint density at radius 3 is 2.62 bits per heavy atom. The van der Waals surface area contributed by atoms with Crippen LogP contribution in [0.25, 0.3) is 0 Å². The molecule has 0 spiro atoms. The molecule has 1 N–H and O–H groups in total. The number of thioether (sulfide) groups is 1. The van der Waals surface area contributed by atoms with Crippen LogP contribution in [0.1, 0.15) is 0 Å². The summed E-state index contributed by atoms with van der Waals surface area (Å²) in [4.78, 5) is 0. The van der Waals surface area contributed by atoms with E-state index >= 15 is 0 Å². The number of halogens is 2. The molecule has 0 amide bonds. The van der Waals surface area contributed by atoms with Crippen LogP contribution < -0.4 is 5.32 Å². The Labute approximate surface area is 50.8 Å². The molecule has 0 aromatic rings. The summed E-state index contributed by atoms with van der Waals surface area (Å²) < 4.78 is 23.3. The number of nitrogens with one attached hydrogen (secondary N) is 1. The Balaban J connectivity index is 2.24. The summed E-state index contributed by atoms with van der Waals surface area (Å²) >= 11 is 1.52. The summed E-state index contributed by atoms with van der Waals surface area (Å²) in [5.74, 6) is 1.23. The standard InChI is InChI=1S/C4H7F2NS/c5-4(6)3-1-8-2-7-3/h3-4,7H,1-2H2. The third-order valence-electron chi connectivity index (χ3n) is 1.05. The topological polar surface area (TPSA) is 12.0 Å². The van der Waals surface area contributed by atoms with E-state index in [0.717, 1.165) is 0 Å². The second-order valence-electron chi connectivity index (χ2n) is 1.66. The highest BCUT2D eigenvalue weighted by molar-refractivity contribution is 7.99. The van der Waals surface area contributed by atoms with Gasteiger partial charge in [-0.3, -0.25) is 5.32 Å². The van der Waals surface area contributed by atoms with Gasteiger partial charge >= 0.3 is 0 Å². The molecule has 1 unspecified atom stereocenters. The van der Waals surface area contributed by atoms with Crippen molar-refractivity contribution in [3.05, 3.63) is 0 Å². The van der Waals surface area contributed by atoms with E-state index in [9.17, 15) is 8.78 Å². The fraction of sp³-hybridized carbons (Fsp3) is 1.00. The van der Waals surface area contributed by atoms with Gasteiger partial charge in [0, 0.05) is 11.6 Å². The van der Waals surface area contributed by atoms with Gasteiger partial charge in [0.2, 0.25) is 0 Å². The van der Waals surface area contributed by atoms with Crippen molar-refractivity contribution >= 4 is 11.8 Å². The quantitative estimate of drug-likeness (QED) is 0.579. The summed E-state index contributed by atoms with van der Waals surface area (Å²) in [7, 11) is 0. The van der Waals surface area contributed by atoms with Crippen LogP contribution in [0.3, 0.4) is 0 Å². The summed E-state index contributed by atoms with van der Waals surface area (Å²) in [5, 5.41) is 2.67. The average molecular weight is 139 g/mol. The fourth-order valence-corrected chi connectivity index (χ4v) is 1.54. The van der Waals surface area contributed by atoms with Crippen molar-refractivity contribution in [3.8, 4) is 0 Å². The van der Waals surface area contributed by atoms with E-state index in [1.807, 2.05) is 0 Å². The van der Waals surface area contributed by atoms with E-state index in [4.69, 9.17) is 0 Å². The normalized spacial score (nSPS) is 29.6. The highest BCUT2D eigenvalue weighted by atomic mass is 32.2. The smallest absolute Gasteiger partial charge is 0.254 e. The third-order valence-corrected chi connectivity index (χ3v) is 2.01. The lowest BCUT2D eigenvalue weighted by Gasteiger charge is -2.04. The number of hydrogen-bond acceptors (Lipinski definition) is 2. The van der Waals surface area contributed by atoms with Crippen molar-refractivity contribution in [1.29, 1.82) is 0 Å². The van der Waals surface area contributed by atoms with E-state index in [-0.39, 0.29) is 0 Å². The van der Waals surface area contributed by atoms with Gasteiger partial charge in [0.1, 0.15) is 0 Å². The third kappa shape index (κ3) is 1.32. The lowest BCUT2D eigenvalue weighted by Crippen LogP contribution is -2.30. The van der Waals surface area contributed by atoms with Crippen molar-refractivity contribution in [2.75, 3.05) is 11.6 Å². The van der Waals surface area contributed by atoms with Gasteiger partial charge in [0.25, 0.3) is 6.43 Å². The second-order valence-corrected chi connectivity index (χ2v) is 2.69. The first-order valence-electron chi connectivity index (χ1n) is 2.40.